The largest absolute Gasteiger partial charge is 0.487 e. The summed E-state index contributed by atoms with van der Waals surface area (Å²) in [5.41, 5.74) is 1.28. The molecule has 2 rings (SSSR count). The maximum atomic E-state index is 11.5. The molecule has 1 heterocycles. The number of aromatic nitrogens is 1. The maximum Gasteiger partial charge on any atom is 0.360 e. The van der Waals surface area contributed by atoms with E-state index in [2.05, 4.69) is 9.72 Å². The van der Waals surface area contributed by atoms with E-state index in [-0.39, 0.29) is 5.69 Å². The number of ether oxygens (including phenoxy) is 2. The van der Waals surface area contributed by atoms with Gasteiger partial charge in [0, 0.05) is 6.20 Å². The van der Waals surface area contributed by atoms with E-state index in [0.29, 0.717) is 12.4 Å². The number of pyridine rings is 1. The van der Waals surface area contributed by atoms with Crippen molar-refractivity contribution in [2.45, 2.75) is 0 Å². The van der Waals surface area contributed by atoms with Gasteiger partial charge in [0.05, 0.1) is 7.11 Å². The highest BCUT2D eigenvalue weighted by molar-refractivity contribution is 5.90. The summed E-state index contributed by atoms with van der Waals surface area (Å²) in [5.74, 6) is -0.0929. The maximum absolute atomic E-state index is 11.5. The second kappa shape index (κ2) is 7.09. The average Bonchev–Trinajstić information content (AvgIpc) is 2.52. The fourth-order valence-corrected chi connectivity index (χ4v) is 1.64. The monoisotopic (exact) mass is 269 g/mol. The van der Waals surface area contributed by atoms with Crippen molar-refractivity contribution in [3.63, 3.8) is 0 Å². The molecule has 0 unspecified atom stereocenters. The van der Waals surface area contributed by atoms with Crippen LogP contribution in [-0.2, 0) is 4.74 Å². The predicted octanol–water partition coefficient (Wildman–Crippen LogP) is 2.96. The lowest BCUT2D eigenvalue weighted by molar-refractivity contribution is 0.0589. The van der Waals surface area contributed by atoms with Crippen molar-refractivity contribution in [2.24, 2.45) is 0 Å². The van der Waals surface area contributed by atoms with Crippen LogP contribution in [-0.4, -0.2) is 24.7 Å². The first-order valence-electron chi connectivity index (χ1n) is 6.19. The van der Waals surface area contributed by atoms with Crippen molar-refractivity contribution in [3.05, 3.63) is 66.0 Å². The third-order valence-electron chi connectivity index (χ3n) is 2.59. The Morgan fingerprint density at radius 2 is 2.00 bits per heavy atom. The lowest BCUT2D eigenvalue weighted by Gasteiger charge is -2.06. The highest BCUT2D eigenvalue weighted by atomic mass is 16.5. The van der Waals surface area contributed by atoms with Crippen molar-refractivity contribution in [3.8, 4) is 5.75 Å². The van der Waals surface area contributed by atoms with Gasteiger partial charge in [0.25, 0.3) is 0 Å². The number of rotatable bonds is 5. The molecule has 0 aliphatic carbocycles. The Morgan fingerprint density at radius 1 is 1.20 bits per heavy atom. The van der Waals surface area contributed by atoms with E-state index in [0.717, 1.165) is 5.56 Å². The summed E-state index contributed by atoms with van der Waals surface area (Å²) >= 11 is 0. The molecule has 1 aromatic heterocycles. The van der Waals surface area contributed by atoms with Crippen LogP contribution in [0.15, 0.2) is 54.7 Å². The van der Waals surface area contributed by atoms with Crippen LogP contribution in [0, 0.1) is 0 Å². The van der Waals surface area contributed by atoms with Gasteiger partial charge in [-0.3, -0.25) is 0 Å². The highest BCUT2D eigenvalue weighted by Gasteiger charge is 2.13. The Kier molecular flexibility index (Phi) is 4.89. The van der Waals surface area contributed by atoms with Gasteiger partial charge in [-0.1, -0.05) is 36.4 Å². The minimum absolute atomic E-state index is 0.183. The van der Waals surface area contributed by atoms with Gasteiger partial charge in [0.2, 0.25) is 0 Å². The van der Waals surface area contributed by atoms with Crippen LogP contribution in [0.1, 0.15) is 16.1 Å². The second-order valence-corrected chi connectivity index (χ2v) is 3.97. The molecule has 0 N–H and O–H groups in total. The number of esters is 1. The van der Waals surface area contributed by atoms with Crippen LogP contribution in [0.4, 0.5) is 0 Å². The fraction of sp³-hybridized carbons (Fsp3) is 0.125. The zero-order valence-electron chi connectivity index (χ0n) is 11.2. The Hall–Kier alpha value is -2.62. The molecule has 4 nitrogen and oxygen atoms in total. The van der Waals surface area contributed by atoms with Crippen molar-refractivity contribution in [1.82, 2.24) is 4.98 Å². The molecule has 0 amide bonds. The van der Waals surface area contributed by atoms with E-state index >= 15 is 0 Å². The Morgan fingerprint density at radius 3 is 2.75 bits per heavy atom. The average molecular weight is 269 g/mol. The Balaban J connectivity index is 1.98. The van der Waals surface area contributed by atoms with Crippen LogP contribution in [0.25, 0.3) is 6.08 Å². The normalized spacial score (nSPS) is 10.4. The van der Waals surface area contributed by atoms with Gasteiger partial charge in [-0.05, 0) is 23.8 Å². The minimum Gasteiger partial charge on any atom is -0.487 e. The van der Waals surface area contributed by atoms with Crippen LogP contribution < -0.4 is 4.74 Å². The fourth-order valence-electron chi connectivity index (χ4n) is 1.64. The summed E-state index contributed by atoms with van der Waals surface area (Å²) in [4.78, 5) is 15.5. The standard InChI is InChI=1S/C16H15NO3/c1-19-16(18)15-14(10-5-11-17-15)20-12-6-9-13-7-3-2-4-8-13/h2-11H,12H2,1H3. The Labute approximate surface area is 117 Å². The molecule has 2 aromatic rings. The van der Waals surface area contributed by atoms with Crippen molar-refractivity contribution in [2.75, 3.05) is 13.7 Å². The third-order valence-corrected chi connectivity index (χ3v) is 2.59. The summed E-state index contributed by atoms with van der Waals surface area (Å²) in [5, 5.41) is 0. The summed E-state index contributed by atoms with van der Waals surface area (Å²) < 4.78 is 10.2. The zero-order valence-corrected chi connectivity index (χ0v) is 11.2. The first-order chi connectivity index (χ1) is 9.81. The summed E-state index contributed by atoms with van der Waals surface area (Å²) in [7, 11) is 1.32. The smallest absolute Gasteiger partial charge is 0.360 e. The molecule has 0 aliphatic rings. The quantitative estimate of drug-likeness (QED) is 0.783. The topological polar surface area (TPSA) is 48.4 Å². The minimum atomic E-state index is -0.507. The van der Waals surface area contributed by atoms with E-state index in [4.69, 9.17) is 4.74 Å². The number of hydrogen-bond acceptors (Lipinski definition) is 4. The first kappa shape index (κ1) is 13.8. The SMILES string of the molecule is COC(=O)c1ncccc1OCC=Cc1ccccc1. The van der Waals surface area contributed by atoms with E-state index in [1.54, 1.807) is 12.1 Å². The van der Waals surface area contributed by atoms with Crippen LogP contribution in [0.2, 0.25) is 0 Å². The summed E-state index contributed by atoms with van der Waals surface area (Å²) in [6.45, 7) is 0.352. The summed E-state index contributed by atoms with van der Waals surface area (Å²) in [6.07, 6.45) is 5.36. The van der Waals surface area contributed by atoms with Crippen LogP contribution in [0.3, 0.4) is 0 Å². The molecule has 1 aromatic carbocycles. The number of benzene rings is 1. The molecule has 0 saturated carbocycles. The van der Waals surface area contributed by atoms with Gasteiger partial charge in [0.15, 0.2) is 11.4 Å². The van der Waals surface area contributed by atoms with E-state index in [1.807, 2.05) is 42.5 Å². The van der Waals surface area contributed by atoms with Gasteiger partial charge in [-0.15, -0.1) is 0 Å². The molecular weight excluding hydrogens is 254 g/mol. The molecule has 102 valence electrons. The second-order valence-electron chi connectivity index (χ2n) is 3.97. The van der Waals surface area contributed by atoms with E-state index < -0.39 is 5.97 Å². The number of carbonyl (C=O) groups is 1. The molecule has 0 bridgehead atoms. The molecular formula is C16H15NO3. The molecule has 0 fully saturated rings. The molecule has 0 spiro atoms. The molecule has 20 heavy (non-hydrogen) atoms. The van der Waals surface area contributed by atoms with E-state index in [9.17, 15) is 4.79 Å². The summed E-state index contributed by atoms with van der Waals surface area (Å²) in [6, 6.07) is 13.3. The number of carbonyl (C=O) groups excluding carboxylic acids is 1. The molecule has 0 radical (unpaired) electrons. The van der Waals surface area contributed by atoms with Gasteiger partial charge < -0.3 is 9.47 Å². The van der Waals surface area contributed by atoms with Crippen molar-refractivity contribution in [1.29, 1.82) is 0 Å². The molecule has 4 heteroatoms. The predicted molar refractivity (Wildman–Crippen MR) is 76.5 cm³/mol. The third kappa shape index (κ3) is 3.68. The van der Waals surface area contributed by atoms with Crippen LogP contribution in [0.5, 0.6) is 5.75 Å². The Bertz CT molecular complexity index is 594. The lowest BCUT2D eigenvalue weighted by atomic mass is 10.2. The number of nitrogens with zero attached hydrogens (tertiary/aromatic N) is 1. The molecule has 0 aliphatic heterocycles. The zero-order chi connectivity index (χ0) is 14.2. The first-order valence-corrected chi connectivity index (χ1v) is 6.19. The number of hydrogen-bond donors (Lipinski definition) is 0. The lowest BCUT2D eigenvalue weighted by Crippen LogP contribution is -2.07. The molecule has 0 atom stereocenters. The van der Waals surface area contributed by atoms with Crippen molar-refractivity contribution < 1.29 is 14.3 Å². The van der Waals surface area contributed by atoms with Gasteiger partial charge >= 0.3 is 5.97 Å². The highest BCUT2D eigenvalue weighted by Crippen LogP contribution is 2.16. The van der Waals surface area contributed by atoms with E-state index in [1.165, 1.54) is 13.3 Å². The van der Waals surface area contributed by atoms with Gasteiger partial charge in [0.1, 0.15) is 6.61 Å². The van der Waals surface area contributed by atoms with Gasteiger partial charge in [-0.25, -0.2) is 9.78 Å². The van der Waals surface area contributed by atoms with Crippen molar-refractivity contribution >= 4 is 12.0 Å². The number of methoxy groups -OCH3 is 1. The van der Waals surface area contributed by atoms with Gasteiger partial charge in [-0.2, -0.15) is 0 Å². The molecule has 0 saturated heterocycles. The van der Waals surface area contributed by atoms with Crippen LogP contribution >= 0.6 is 0 Å².